The summed E-state index contributed by atoms with van der Waals surface area (Å²) in [6.45, 7) is 3.58. The van der Waals surface area contributed by atoms with Gasteiger partial charge in [-0.3, -0.25) is 0 Å². The lowest BCUT2D eigenvalue weighted by Crippen LogP contribution is -2.32. The third-order valence-electron chi connectivity index (χ3n) is 4.43. The normalized spacial score (nSPS) is 15.2. The Bertz CT molecular complexity index is 566. The van der Waals surface area contributed by atoms with Crippen molar-refractivity contribution >= 4 is 12.4 Å². The minimum Gasteiger partial charge on any atom is -0.391 e. The van der Waals surface area contributed by atoms with Crippen molar-refractivity contribution in [2.45, 2.75) is 31.8 Å². The summed E-state index contributed by atoms with van der Waals surface area (Å²) in [6, 6.07) is 17.1. The molecule has 2 aromatic rings. The summed E-state index contributed by atoms with van der Waals surface area (Å²) in [7, 11) is 0. The molecule has 0 amide bonds. The van der Waals surface area contributed by atoms with Crippen LogP contribution in [0.1, 0.15) is 35.1 Å². The first-order chi connectivity index (χ1) is 10.3. The van der Waals surface area contributed by atoms with E-state index >= 15 is 0 Å². The zero-order valence-corrected chi connectivity index (χ0v) is 13.8. The van der Waals surface area contributed by atoms with Gasteiger partial charge in [0.1, 0.15) is 0 Å². The second-order valence-electron chi connectivity index (χ2n) is 5.75. The van der Waals surface area contributed by atoms with E-state index in [0.29, 0.717) is 6.54 Å². The van der Waals surface area contributed by atoms with Crippen LogP contribution in [0.5, 0.6) is 0 Å². The van der Waals surface area contributed by atoms with Crippen molar-refractivity contribution in [3.63, 3.8) is 0 Å². The molecule has 22 heavy (non-hydrogen) atoms. The van der Waals surface area contributed by atoms with Gasteiger partial charge in [-0.25, -0.2) is 0 Å². The van der Waals surface area contributed by atoms with Gasteiger partial charge in [0.05, 0.1) is 6.10 Å². The van der Waals surface area contributed by atoms with Gasteiger partial charge >= 0.3 is 0 Å². The SMILES string of the molecule is CCNCC(O)C1c2ccccc2CCc2ccccc21.Cl. The Labute approximate surface area is 139 Å². The van der Waals surface area contributed by atoms with Crippen LogP contribution in [0.4, 0.5) is 0 Å². The summed E-state index contributed by atoms with van der Waals surface area (Å²) in [5, 5.41) is 14.0. The topological polar surface area (TPSA) is 32.3 Å². The number of nitrogens with one attached hydrogen (secondary N) is 1. The average Bonchev–Trinajstić information content (AvgIpc) is 2.69. The molecule has 2 aromatic carbocycles. The van der Waals surface area contributed by atoms with E-state index in [9.17, 15) is 5.11 Å². The summed E-state index contributed by atoms with van der Waals surface area (Å²) in [5.41, 5.74) is 5.31. The van der Waals surface area contributed by atoms with Crippen molar-refractivity contribution in [1.29, 1.82) is 0 Å². The quantitative estimate of drug-likeness (QED) is 0.907. The van der Waals surface area contributed by atoms with Crippen LogP contribution in [0.25, 0.3) is 0 Å². The summed E-state index contributed by atoms with van der Waals surface area (Å²) in [5.74, 6) is 0.0685. The summed E-state index contributed by atoms with van der Waals surface area (Å²) >= 11 is 0. The fourth-order valence-corrected chi connectivity index (χ4v) is 3.39. The molecule has 0 aliphatic heterocycles. The van der Waals surface area contributed by atoms with Gasteiger partial charge in [0, 0.05) is 12.5 Å². The molecule has 0 saturated carbocycles. The molecule has 0 fully saturated rings. The number of fused-ring (bicyclic) bond motifs is 2. The van der Waals surface area contributed by atoms with Gasteiger partial charge in [-0.1, -0.05) is 55.5 Å². The van der Waals surface area contributed by atoms with Crippen molar-refractivity contribution in [2.75, 3.05) is 13.1 Å². The molecular formula is C19H24ClNO. The zero-order chi connectivity index (χ0) is 14.7. The van der Waals surface area contributed by atoms with Crippen molar-refractivity contribution in [2.24, 2.45) is 0 Å². The number of likely N-dealkylation sites (N-methyl/N-ethyl adjacent to an activating group) is 1. The molecule has 2 N–H and O–H groups in total. The van der Waals surface area contributed by atoms with Crippen molar-refractivity contribution < 1.29 is 5.11 Å². The first-order valence-corrected chi connectivity index (χ1v) is 7.85. The molecule has 1 unspecified atom stereocenters. The third-order valence-corrected chi connectivity index (χ3v) is 4.43. The van der Waals surface area contributed by atoms with Crippen LogP contribution in [-0.2, 0) is 12.8 Å². The molecule has 0 radical (unpaired) electrons. The molecule has 0 spiro atoms. The zero-order valence-electron chi connectivity index (χ0n) is 13.0. The maximum atomic E-state index is 10.8. The highest BCUT2D eigenvalue weighted by atomic mass is 35.5. The lowest BCUT2D eigenvalue weighted by Gasteiger charge is -2.26. The van der Waals surface area contributed by atoms with Crippen molar-refractivity contribution in [3.8, 4) is 0 Å². The van der Waals surface area contributed by atoms with Crippen LogP contribution in [0.2, 0.25) is 0 Å². The van der Waals surface area contributed by atoms with Crippen LogP contribution >= 0.6 is 12.4 Å². The largest absolute Gasteiger partial charge is 0.391 e. The molecule has 1 aliphatic rings. The fraction of sp³-hybridized carbons (Fsp3) is 0.368. The second-order valence-corrected chi connectivity index (χ2v) is 5.75. The van der Waals surface area contributed by atoms with E-state index in [-0.39, 0.29) is 18.3 Å². The number of rotatable bonds is 4. The first-order valence-electron chi connectivity index (χ1n) is 7.85. The van der Waals surface area contributed by atoms with Crippen molar-refractivity contribution in [3.05, 3.63) is 70.8 Å². The number of aryl methyl sites for hydroxylation is 2. The predicted octanol–water partition coefficient (Wildman–Crippen LogP) is 3.31. The number of aliphatic hydroxyl groups is 1. The molecule has 3 rings (SSSR count). The van der Waals surface area contributed by atoms with Crippen LogP contribution < -0.4 is 5.32 Å². The molecule has 1 atom stereocenters. The van der Waals surface area contributed by atoms with E-state index in [4.69, 9.17) is 0 Å². The molecule has 3 heteroatoms. The van der Waals surface area contributed by atoms with Gasteiger partial charge in [-0.2, -0.15) is 0 Å². The first kappa shape index (κ1) is 17.0. The number of hydrogen-bond acceptors (Lipinski definition) is 2. The Balaban J connectivity index is 0.00000176. The molecule has 0 saturated heterocycles. The standard InChI is InChI=1S/C19H23NO.ClH/c1-2-20-13-18(21)19-16-9-5-3-7-14(16)11-12-15-8-4-6-10-17(15)19;/h3-10,18-21H,2,11-13H2,1H3;1H. The van der Waals surface area contributed by atoms with Gasteiger partial charge in [-0.05, 0) is 41.6 Å². The molecule has 1 aliphatic carbocycles. The van der Waals surface area contributed by atoms with E-state index in [1.807, 2.05) is 0 Å². The highest BCUT2D eigenvalue weighted by molar-refractivity contribution is 5.85. The molecule has 118 valence electrons. The van der Waals surface area contributed by atoms with E-state index in [2.05, 4.69) is 60.8 Å². The summed E-state index contributed by atoms with van der Waals surface area (Å²) < 4.78 is 0. The van der Waals surface area contributed by atoms with Gasteiger partial charge in [0.2, 0.25) is 0 Å². The fourth-order valence-electron chi connectivity index (χ4n) is 3.39. The van der Waals surface area contributed by atoms with Gasteiger partial charge in [-0.15, -0.1) is 12.4 Å². The Morgan fingerprint density at radius 1 is 1.00 bits per heavy atom. The Hall–Kier alpha value is -1.35. The van der Waals surface area contributed by atoms with Crippen LogP contribution in [-0.4, -0.2) is 24.3 Å². The highest BCUT2D eigenvalue weighted by Gasteiger charge is 2.28. The maximum Gasteiger partial charge on any atom is 0.0773 e. The Kier molecular flexibility index (Phi) is 6.01. The highest BCUT2D eigenvalue weighted by Crippen LogP contribution is 2.36. The minimum atomic E-state index is -0.398. The number of benzene rings is 2. The van der Waals surface area contributed by atoms with E-state index < -0.39 is 6.10 Å². The van der Waals surface area contributed by atoms with E-state index in [1.54, 1.807) is 0 Å². The number of hydrogen-bond donors (Lipinski definition) is 2. The number of halogens is 1. The third kappa shape index (κ3) is 3.35. The van der Waals surface area contributed by atoms with Crippen LogP contribution in [0.3, 0.4) is 0 Å². The lowest BCUT2D eigenvalue weighted by atomic mass is 9.84. The smallest absolute Gasteiger partial charge is 0.0773 e. The molecule has 0 bridgehead atoms. The predicted molar refractivity (Wildman–Crippen MR) is 93.9 cm³/mol. The molecular weight excluding hydrogens is 294 g/mol. The van der Waals surface area contributed by atoms with E-state index in [0.717, 1.165) is 19.4 Å². The van der Waals surface area contributed by atoms with Crippen LogP contribution in [0, 0.1) is 0 Å². The number of aliphatic hydroxyl groups excluding tert-OH is 1. The summed E-state index contributed by atoms with van der Waals surface area (Å²) in [4.78, 5) is 0. The Morgan fingerprint density at radius 2 is 1.50 bits per heavy atom. The molecule has 0 heterocycles. The molecule has 2 nitrogen and oxygen atoms in total. The molecule has 0 aromatic heterocycles. The van der Waals surface area contributed by atoms with Crippen molar-refractivity contribution in [1.82, 2.24) is 5.32 Å². The minimum absolute atomic E-state index is 0. The van der Waals surface area contributed by atoms with Gasteiger partial charge in [0.25, 0.3) is 0 Å². The lowest BCUT2D eigenvalue weighted by molar-refractivity contribution is 0.154. The average molecular weight is 318 g/mol. The monoisotopic (exact) mass is 317 g/mol. The van der Waals surface area contributed by atoms with Crippen LogP contribution in [0.15, 0.2) is 48.5 Å². The van der Waals surface area contributed by atoms with Gasteiger partial charge < -0.3 is 10.4 Å². The van der Waals surface area contributed by atoms with Gasteiger partial charge in [0.15, 0.2) is 0 Å². The second kappa shape index (κ2) is 7.77. The van der Waals surface area contributed by atoms with E-state index in [1.165, 1.54) is 22.3 Å². The Morgan fingerprint density at radius 3 is 2.00 bits per heavy atom. The summed E-state index contributed by atoms with van der Waals surface area (Å²) in [6.07, 6.45) is 1.71. The maximum absolute atomic E-state index is 10.8.